The topological polar surface area (TPSA) is 24.9 Å². The van der Waals surface area contributed by atoms with E-state index in [0.717, 1.165) is 28.4 Å². The average Bonchev–Trinajstić information content (AvgIpc) is 2.77. The van der Waals surface area contributed by atoms with Crippen molar-refractivity contribution in [2.24, 2.45) is 5.92 Å². The number of benzene rings is 1. The van der Waals surface area contributed by atoms with Gasteiger partial charge in [0.1, 0.15) is 0 Å². The molecule has 0 bridgehead atoms. The summed E-state index contributed by atoms with van der Waals surface area (Å²) < 4.78 is 0. The standard InChI is InChI=1S/C14H15ClN2/c1-9-7-13(17-8-9)11-4-5-12(15)10-3-2-6-16-14(10)11/h2-6,9,13,17H,7-8H2,1H3. The van der Waals surface area contributed by atoms with Crippen LogP contribution in [0.25, 0.3) is 10.9 Å². The lowest BCUT2D eigenvalue weighted by atomic mass is 9.98. The van der Waals surface area contributed by atoms with Crippen molar-refractivity contribution in [2.75, 3.05) is 6.54 Å². The normalized spacial score (nSPS) is 24.4. The van der Waals surface area contributed by atoms with Gasteiger partial charge in [-0.3, -0.25) is 4.98 Å². The van der Waals surface area contributed by atoms with Crippen molar-refractivity contribution in [3.8, 4) is 0 Å². The van der Waals surface area contributed by atoms with Gasteiger partial charge in [-0.05, 0) is 42.6 Å². The predicted octanol–water partition coefficient (Wildman–Crippen LogP) is 3.56. The molecule has 1 aromatic carbocycles. The van der Waals surface area contributed by atoms with Gasteiger partial charge in [0.15, 0.2) is 0 Å². The molecule has 17 heavy (non-hydrogen) atoms. The van der Waals surface area contributed by atoms with E-state index in [2.05, 4.69) is 23.3 Å². The van der Waals surface area contributed by atoms with Crippen LogP contribution in [-0.4, -0.2) is 11.5 Å². The maximum Gasteiger partial charge on any atom is 0.0764 e. The molecule has 2 aromatic rings. The van der Waals surface area contributed by atoms with Gasteiger partial charge in [-0.25, -0.2) is 0 Å². The highest BCUT2D eigenvalue weighted by molar-refractivity contribution is 6.35. The smallest absolute Gasteiger partial charge is 0.0764 e. The summed E-state index contributed by atoms with van der Waals surface area (Å²) in [6, 6.07) is 8.47. The van der Waals surface area contributed by atoms with Gasteiger partial charge in [0.05, 0.1) is 5.52 Å². The first-order valence-electron chi connectivity index (χ1n) is 6.02. The summed E-state index contributed by atoms with van der Waals surface area (Å²) in [6.07, 6.45) is 3.01. The maximum absolute atomic E-state index is 6.20. The second-order valence-electron chi connectivity index (χ2n) is 4.84. The Morgan fingerprint density at radius 2 is 2.24 bits per heavy atom. The van der Waals surface area contributed by atoms with E-state index < -0.39 is 0 Å². The summed E-state index contributed by atoms with van der Waals surface area (Å²) in [5, 5.41) is 5.38. The lowest BCUT2D eigenvalue weighted by Gasteiger charge is -2.13. The van der Waals surface area contributed by atoms with E-state index in [-0.39, 0.29) is 0 Å². The van der Waals surface area contributed by atoms with Gasteiger partial charge in [-0.15, -0.1) is 0 Å². The van der Waals surface area contributed by atoms with Crippen molar-refractivity contribution in [1.29, 1.82) is 0 Å². The van der Waals surface area contributed by atoms with Gasteiger partial charge in [-0.1, -0.05) is 24.6 Å². The number of nitrogens with zero attached hydrogens (tertiary/aromatic N) is 1. The number of fused-ring (bicyclic) bond motifs is 1. The van der Waals surface area contributed by atoms with Crippen molar-refractivity contribution < 1.29 is 0 Å². The van der Waals surface area contributed by atoms with Crippen LogP contribution in [0.1, 0.15) is 24.9 Å². The first-order valence-corrected chi connectivity index (χ1v) is 6.40. The molecule has 1 fully saturated rings. The molecule has 88 valence electrons. The van der Waals surface area contributed by atoms with Crippen molar-refractivity contribution in [3.05, 3.63) is 41.0 Å². The number of nitrogens with one attached hydrogen (secondary N) is 1. The second kappa shape index (κ2) is 4.28. The van der Waals surface area contributed by atoms with E-state index in [1.807, 2.05) is 24.4 Å². The van der Waals surface area contributed by atoms with Crippen LogP contribution in [0, 0.1) is 5.92 Å². The predicted molar refractivity (Wildman–Crippen MR) is 71.3 cm³/mol. The van der Waals surface area contributed by atoms with Gasteiger partial charge in [0.25, 0.3) is 0 Å². The highest BCUT2D eigenvalue weighted by Crippen LogP contribution is 2.33. The number of rotatable bonds is 1. The highest BCUT2D eigenvalue weighted by Gasteiger charge is 2.24. The third kappa shape index (κ3) is 1.92. The zero-order chi connectivity index (χ0) is 11.8. The van der Waals surface area contributed by atoms with Crippen molar-refractivity contribution >= 4 is 22.5 Å². The second-order valence-corrected chi connectivity index (χ2v) is 5.25. The molecular formula is C14H15ClN2. The molecule has 0 aliphatic carbocycles. The highest BCUT2D eigenvalue weighted by atomic mass is 35.5. The Morgan fingerprint density at radius 1 is 1.35 bits per heavy atom. The van der Waals surface area contributed by atoms with E-state index in [9.17, 15) is 0 Å². The van der Waals surface area contributed by atoms with Gasteiger partial charge >= 0.3 is 0 Å². The molecule has 0 saturated carbocycles. The SMILES string of the molecule is CC1CNC(c2ccc(Cl)c3cccnc23)C1. The zero-order valence-electron chi connectivity index (χ0n) is 9.78. The van der Waals surface area contributed by atoms with Crippen LogP contribution in [0.5, 0.6) is 0 Å². The minimum absolute atomic E-state index is 0.416. The molecule has 0 amide bonds. The first kappa shape index (κ1) is 11.0. The summed E-state index contributed by atoms with van der Waals surface area (Å²) in [5.41, 5.74) is 2.31. The van der Waals surface area contributed by atoms with Crippen LogP contribution in [0.3, 0.4) is 0 Å². The Hall–Kier alpha value is -1.12. The van der Waals surface area contributed by atoms with E-state index in [1.54, 1.807) is 0 Å². The molecule has 1 aliphatic heterocycles. The van der Waals surface area contributed by atoms with E-state index in [1.165, 1.54) is 12.0 Å². The molecule has 1 aliphatic rings. The fourth-order valence-corrected chi connectivity index (χ4v) is 2.81. The van der Waals surface area contributed by atoms with Crippen LogP contribution in [0.15, 0.2) is 30.5 Å². The number of aromatic nitrogens is 1. The number of pyridine rings is 1. The Labute approximate surface area is 106 Å². The molecule has 2 unspecified atom stereocenters. The van der Waals surface area contributed by atoms with Gasteiger partial charge in [0.2, 0.25) is 0 Å². The Bertz CT molecular complexity index is 553. The van der Waals surface area contributed by atoms with E-state index >= 15 is 0 Å². The molecule has 1 aromatic heterocycles. The number of hydrogen-bond donors (Lipinski definition) is 1. The summed E-state index contributed by atoms with van der Waals surface area (Å²) >= 11 is 6.20. The molecule has 2 nitrogen and oxygen atoms in total. The average molecular weight is 247 g/mol. The van der Waals surface area contributed by atoms with Gasteiger partial charge in [0, 0.05) is 22.6 Å². The monoisotopic (exact) mass is 246 g/mol. The molecular weight excluding hydrogens is 232 g/mol. The van der Waals surface area contributed by atoms with E-state index in [0.29, 0.717) is 6.04 Å². The van der Waals surface area contributed by atoms with Crippen LogP contribution in [-0.2, 0) is 0 Å². The molecule has 0 spiro atoms. The van der Waals surface area contributed by atoms with Crippen LogP contribution in [0.2, 0.25) is 5.02 Å². The summed E-state index contributed by atoms with van der Waals surface area (Å²) in [6.45, 7) is 3.36. The summed E-state index contributed by atoms with van der Waals surface area (Å²) in [7, 11) is 0. The summed E-state index contributed by atoms with van der Waals surface area (Å²) in [4.78, 5) is 4.49. The van der Waals surface area contributed by atoms with Crippen molar-refractivity contribution in [3.63, 3.8) is 0 Å². The largest absolute Gasteiger partial charge is 0.310 e. The lowest BCUT2D eigenvalue weighted by molar-refractivity contribution is 0.614. The lowest BCUT2D eigenvalue weighted by Crippen LogP contribution is -2.14. The van der Waals surface area contributed by atoms with Gasteiger partial charge in [-0.2, -0.15) is 0 Å². The minimum Gasteiger partial charge on any atom is -0.310 e. The van der Waals surface area contributed by atoms with Gasteiger partial charge < -0.3 is 5.32 Å². The van der Waals surface area contributed by atoms with Crippen LogP contribution >= 0.6 is 11.6 Å². The van der Waals surface area contributed by atoms with Crippen molar-refractivity contribution in [1.82, 2.24) is 10.3 Å². The Kier molecular flexibility index (Phi) is 2.77. The molecule has 2 heterocycles. The van der Waals surface area contributed by atoms with E-state index in [4.69, 9.17) is 11.6 Å². The Morgan fingerprint density at radius 3 is 3.00 bits per heavy atom. The third-order valence-corrected chi connectivity index (χ3v) is 3.80. The fraction of sp³-hybridized carbons (Fsp3) is 0.357. The Balaban J connectivity index is 2.14. The quantitative estimate of drug-likeness (QED) is 0.832. The zero-order valence-corrected chi connectivity index (χ0v) is 10.5. The maximum atomic E-state index is 6.20. The van der Waals surface area contributed by atoms with Crippen LogP contribution < -0.4 is 5.32 Å². The number of halogens is 1. The molecule has 2 atom stereocenters. The molecule has 1 N–H and O–H groups in total. The fourth-order valence-electron chi connectivity index (χ4n) is 2.59. The number of hydrogen-bond acceptors (Lipinski definition) is 2. The van der Waals surface area contributed by atoms with Crippen LogP contribution in [0.4, 0.5) is 0 Å². The van der Waals surface area contributed by atoms with Crippen molar-refractivity contribution in [2.45, 2.75) is 19.4 Å². The molecule has 3 rings (SSSR count). The molecule has 1 saturated heterocycles. The molecule has 3 heteroatoms. The molecule has 0 radical (unpaired) electrons. The summed E-state index contributed by atoms with van der Waals surface area (Å²) in [5.74, 6) is 0.731. The third-order valence-electron chi connectivity index (χ3n) is 3.47. The minimum atomic E-state index is 0.416. The first-order chi connectivity index (χ1) is 8.25.